The lowest BCUT2D eigenvalue weighted by Gasteiger charge is -2.38. The molecule has 30 heavy (non-hydrogen) atoms. The fourth-order valence-corrected chi connectivity index (χ4v) is 5.56. The van der Waals surface area contributed by atoms with Crippen LogP contribution in [0.2, 0.25) is 0 Å². The van der Waals surface area contributed by atoms with Crippen molar-refractivity contribution in [1.29, 1.82) is 0 Å². The van der Waals surface area contributed by atoms with Crippen molar-refractivity contribution >= 4 is 5.91 Å². The number of hydrogen-bond donors (Lipinski definition) is 2. The van der Waals surface area contributed by atoms with Gasteiger partial charge in [-0.05, 0) is 56.9 Å². The Bertz CT molecular complexity index is 767. The lowest BCUT2D eigenvalue weighted by atomic mass is 9.72. The number of nitrogens with zero attached hydrogens (tertiary/aromatic N) is 1. The van der Waals surface area contributed by atoms with E-state index in [-0.39, 0.29) is 24.3 Å². The number of nitrogens with one attached hydrogen (secondary N) is 1. The summed E-state index contributed by atoms with van der Waals surface area (Å²) in [5.74, 6) is 0.216. The van der Waals surface area contributed by atoms with E-state index in [0.29, 0.717) is 36.7 Å². The summed E-state index contributed by atoms with van der Waals surface area (Å²) in [6, 6.07) is 9.26. The summed E-state index contributed by atoms with van der Waals surface area (Å²) in [6.45, 7) is 7.32. The van der Waals surface area contributed by atoms with Crippen molar-refractivity contribution in [1.82, 2.24) is 10.2 Å². The van der Waals surface area contributed by atoms with Crippen molar-refractivity contribution in [2.45, 2.75) is 63.8 Å². The largest absolute Gasteiger partial charge is 0.375 e. The van der Waals surface area contributed by atoms with Crippen LogP contribution in [-0.4, -0.2) is 47.8 Å². The van der Waals surface area contributed by atoms with E-state index in [9.17, 15) is 14.3 Å². The zero-order chi connectivity index (χ0) is 21.3. The van der Waals surface area contributed by atoms with Gasteiger partial charge in [-0.25, -0.2) is 4.39 Å². The molecule has 2 aliphatic carbocycles. The Balaban J connectivity index is 1.40. The van der Waals surface area contributed by atoms with Crippen LogP contribution in [0.1, 0.15) is 51.5 Å². The molecule has 1 saturated heterocycles. The van der Waals surface area contributed by atoms with Gasteiger partial charge in [-0.15, -0.1) is 0 Å². The lowest BCUT2D eigenvalue weighted by molar-refractivity contribution is -0.150. The predicted molar refractivity (Wildman–Crippen MR) is 117 cm³/mol. The third-order valence-corrected chi connectivity index (χ3v) is 7.33. The van der Waals surface area contributed by atoms with Gasteiger partial charge in [-0.3, -0.25) is 4.79 Å². The highest BCUT2D eigenvalue weighted by atomic mass is 19.1. The Morgan fingerprint density at radius 3 is 2.57 bits per heavy atom. The zero-order valence-electron chi connectivity index (χ0n) is 18.2. The molecular formula is C25H35FN2O2. The minimum atomic E-state index is -1.66. The molecule has 2 N–H and O–H groups in total. The molecule has 4 unspecified atom stereocenters. The number of carbonyl (C=O) groups excluding carboxylic acids is 1. The van der Waals surface area contributed by atoms with E-state index in [1.54, 1.807) is 12.1 Å². The normalized spacial score (nSPS) is 32.7. The summed E-state index contributed by atoms with van der Waals surface area (Å²) in [7, 11) is 0. The Hall–Kier alpha value is -1.72. The molecule has 0 spiro atoms. The maximum atomic E-state index is 14.1. The summed E-state index contributed by atoms with van der Waals surface area (Å²) < 4.78 is 14.1. The summed E-state index contributed by atoms with van der Waals surface area (Å²) in [5, 5.41) is 14.8. The molecule has 1 aliphatic heterocycles. The number of halogens is 1. The number of amides is 1. The minimum absolute atomic E-state index is 0.136. The average molecular weight is 415 g/mol. The Morgan fingerprint density at radius 1 is 1.23 bits per heavy atom. The van der Waals surface area contributed by atoms with Gasteiger partial charge in [0.25, 0.3) is 5.91 Å². The molecule has 3 aliphatic rings. The number of allylic oxidation sites excluding steroid dienone is 1. The number of likely N-dealkylation sites (tertiary alicyclic amines) is 1. The van der Waals surface area contributed by atoms with Gasteiger partial charge in [-0.2, -0.15) is 0 Å². The van der Waals surface area contributed by atoms with E-state index in [1.807, 2.05) is 18.2 Å². The molecule has 0 aromatic heterocycles. The first-order valence-corrected chi connectivity index (χ1v) is 11.5. The number of piperidine rings is 1. The van der Waals surface area contributed by atoms with E-state index in [1.165, 1.54) is 5.57 Å². The highest BCUT2D eigenvalue weighted by Gasteiger charge is 2.58. The summed E-state index contributed by atoms with van der Waals surface area (Å²) >= 11 is 0. The lowest BCUT2D eigenvalue weighted by Crippen LogP contribution is -2.52. The molecule has 1 aromatic rings. The molecule has 5 heteroatoms. The number of hydrogen-bond acceptors (Lipinski definition) is 3. The number of rotatable bonds is 7. The standard InChI is InChI=1S/C25H35FN2O2/c1-17(2)8-7-13-28-15-21-22(16-28)23(21)27-24(29)25(30,18-9-4-3-5-10-18)19-11-6-12-20(26)14-19/h3-5,8-10,19-23,30H,6-7,11-16H2,1-2H3,(H,27,29)/t19?,20?,21-,22+,23?,25?. The molecular weight excluding hydrogens is 379 g/mol. The van der Waals surface area contributed by atoms with Crippen molar-refractivity contribution < 1.29 is 14.3 Å². The van der Waals surface area contributed by atoms with Gasteiger partial charge in [0.05, 0.1) is 0 Å². The van der Waals surface area contributed by atoms with Gasteiger partial charge in [0.15, 0.2) is 5.60 Å². The van der Waals surface area contributed by atoms with Crippen LogP contribution in [0.5, 0.6) is 0 Å². The van der Waals surface area contributed by atoms with Crippen LogP contribution in [0.4, 0.5) is 4.39 Å². The molecule has 3 fully saturated rings. The van der Waals surface area contributed by atoms with Gasteiger partial charge in [0, 0.05) is 31.6 Å². The number of benzene rings is 1. The van der Waals surface area contributed by atoms with Crippen LogP contribution in [-0.2, 0) is 10.4 Å². The second-order valence-electron chi connectivity index (χ2n) is 9.75. The number of alkyl halides is 1. The van der Waals surface area contributed by atoms with Crippen molar-refractivity contribution in [3.63, 3.8) is 0 Å². The number of aliphatic hydroxyl groups is 1. The molecule has 0 radical (unpaired) electrons. The first-order chi connectivity index (χ1) is 14.4. The van der Waals surface area contributed by atoms with Crippen LogP contribution in [0.3, 0.4) is 0 Å². The van der Waals surface area contributed by atoms with Gasteiger partial charge >= 0.3 is 0 Å². The maximum Gasteiger partial charge on any atom is 0.257 e. The maximum absolute atomic E-state index is 14.1. The van der Waals surface area contributed by atoms with Crippen molar-refractivity contribution in [2.75, 3.05) is 19.6 Å². The van der Waals surface area contributed by atoms with Gasteiger partial charge in [0.2, 0.25) is 0 Å². The highest BCUT2D eigenvalue weighted by Crippen LogP contribution is 2.47. The molecule has 164 valence electrons. The summed E-state index contributed by atoms with van der Waals surface area (Å²) in [6.07, 6.45) is 4.55. The number of carbonyl (C=O) groups is 1. The molecule has 2 saturated carbocycles. The first kappa shape index (κ1) is 21.5. The fraction of sp³-hybridized carbons (Fsp3) is 0.640. The summed E-state index contributed by atoms with van der Waals surface area (Å²) in [4.78, 5) is 15.8. The Morgan fingerprint density at radius 2 is 1.93 bits per heavy atom. The van der Waals surface area contributed by atoms with Crippen LogP contribution in [0.25, 0.3) is 0 Å². The van der Waals surface area contributed by atoms with E-state index >= 15 is 0 Å². The zero-order valence-corrected chi connectivity index (χ0v) is 18.2. The highest BCUT2D eigenvalue weighted by molar-refractivity contribution is 5.87. The molecule has 0 bridgehead atoms. The second-order valence-corrected chi connectivity index (χ2v) is 9.75. The monoisotopic (exact) mass is 414 g/mol. The van der Waals surface area contributed by atoms with Crippen LogP contribution >= 0.6 is 0 Å². The van der Waals surface area contributed by atoms with E-state index < -0.39 is 11.8 Å². The van der Waals surface area contributed by atoms with Crippen molar-refractivity contribution in [3.8, 4) is 0 Å². The van der Waals surface area contributed by atoms with Gasteiger partial charge < -0.3 is 15.3 Å². The average Bonchev–Trinajstić information content (AvgIpc) is 3.17. The van der Waals surface area contributed by atoms with Gasteiger partial charge in [-0.1, -0.05) is 48.4 Å². The number of fused-ring (bicyclic) bond motifs is 1. The quantitative estimate of drug-likeness (QED) is 0.667. The molecule has 1 amide bonds. The third kappa shape index (κ3) is 4.33. The molecule has 1 aromatic carbocycles. The van der Waals surface area contributed by atoms with Crippen LogP contribution < -0.4 is 5.32 Å². The Kier molecular flexibility index (Phi) is 6.31. The smallest absolute Gasteiger partial charge is 0.257 e. The molecule has 4 nitrogen and oxygen atoms in total. The second kappa shape index (κ2) is 8.80. The first-order valence-electron chi connectivity index (χ1n) is 11.5. The molecule has 4 rings (SSSR count). The predicted octanol–water partition coefficient (Wildman–Crippen LogP) is 3.81. The molecule has 6 atom stereocenters. The minimum Gasteiger partial charge on any atom is -0.375 e. The fourth-order valence-electron chi connectivity index (χ4n) is 5.56. The topological polar surface area (TPSA) is 52.6 Å². The van der Waals surface area contributed by atoms with E-state index in [2.05, 4.69) is 30.1 Å². The van der Waals surface area contributed by atoms with Gasteiger partial charge in [0.1, 0.15) is 6.17 Å². The van der Waals surface area contributed by atoms with E-state index in [0.717, 1.165) is 26.1 Å². The SMILES string of the molecule is CC(C)=CCCN1C[C@@H]2C(NC(=O)C(O)(c3ccccc3)C3CCCC(F)C3)[C@@H]2C1. The summed E-state index contributed by atoms with van der Waals surface area (Å²) in [5.41, 5.74) is 0.269. The van der Waals surface area contributed by atoms with Crippen LogP contribution in [0.15, 0.2) is 42.0 Å². The molecule has 1 heterocycles. The van der Waals surface area contributed by atoms with Crippen molar-refractivity contribution in [2.24, 2.45) is 17.8 Å². The van der Waals surface area contributed by atoms with E-state index in [4.69, 9.17) is 0 Å². The third-order valence-electron chi connectivity index (χ3n) is 7.33. The Labute approximate surface area is 179 Å². The van der Waals surface area contributed by atoms with Crippen molar-refractivity contribution in [3.05, 3.63) is 47.5 Å². The van der Waals surface area contributed by atoms with Crippen LogP contribution in [0, 0.1) is 17.8 Å².